The summed E-state index contributed by atoms with van der Waals surface area (Å²) in [7, 11) is 0. The molecule has 2 aromatic rings. The lowest BCUT2D eigenvalue weighted by Crippen LogP contribution is -2.40. The second-order valence-electron chi connectivity index (χ2n) is 6.73. The molecule has 0 spiro atoms. The molecule has 4 rings (SSSR count). The van der Waals surface area contributed by atoms with Gasteiger partial charge < -0.3 is 10.6 Å². The van der Waals surface area contributed by atoms with E-state index < -0.39 is 0 Å². The fourth-order valence-electron chi connectivity index (χ4n) is 3.34. The van der Waals surface area contributed by atoms with Crippen molar-refractivity contribution < 1.29 is 0 Å². The van der Waals surface area contributed by atoms with Gasteiger partial charge in [0.25, 0.3) is 0 Å². The Bertz CT molecular complexity index is 717. The smallest absolute Gasteiger partial charge is 0.191 e. The maximum Gasteiger partial charge on any atom is 0.191 e. The maximum atomic E-state index is 4.69. The predicted octanol–water partition coefficient (Wildman–Crippen LogP) is 2.59. The molecular weight excluding hydrogens is 415 g/mol. The van der Waals surface area contributed by atoms with Gasteiger partial charge in [0.2, 0.25) is 0 Å². The SMILES string of the molecule is CCNC(=NCc1nnc2ccccn12)NCC1(C2CC2)CC1.I. The van der Waals surface area contributed by atoms with Crippen LogP contribution in [0.3, 0.4) is 0 Å². The molecule has 0 amide bonds. The molecule has 130 valence electrons. The lowest BCUT2D eigenvalue weighted by atomic mass is 10.0. The second-order valence-corrected chi connectivity index (χ2v) is 6.73. The van der Waals surface area contributed by atoms with Crippen molar-refractivity contribution in [3.05, 3.63) is 30.2 Å². The van der Waals surface area contributed by atoms with Crippen molar-refractivity contribution in [3.63, 3.8) is 0 Å². The van der Waals surface area contributed by atoms with E-state index in [0.717, 1.165) is 36.4 Å². The Labute approximate surface area is 159 Å². The first-order valence-corrected chi connectivity index (χ1v) is 8.61. The first kappa shape index (κ1) is 17.4. The standard InChI is InChI=1S/C17H24N6.HI/c1-2-18-16(20-12-17(8-9-17)13-6-7-13)19-11-15-22-21-14-5-3-4-10-23(14)15;/h3-5,10,13H,2,6-9,11-12H2,1H3,(H2,18,19,20);1H. The molecule has 0 radical (unpaired) electrons. The van der Waals surface area contributed by atoms with Gasteiger partial charge in [-0.05, 0) is 56.1 Å². The highest BCUT2D eigenvalue weighted by molar-refractivity contribution is 14.0. The third-order valence-electron chi connectivity index (χ3n) is 5.05. The monoisotopic (exact) mass is 440 g/mol. The van der Waals surface area contributed by atoms with Crippen LogP contribution in [0.25, 0.3) is 5.65 Å². The van der Waals surface area contributed by atoms with E-state index in [4.69, 9.17) is 0 Å². The zero-order chi connectivity index (χ0) is 15.7. The number of fused-ring (bicyclic) bond motifs is 1. The van der Waals surface area contributed by atoms with E-state index in [2.05, 4.69) is 32.7 Å². The summed E-state index contributed by atoms with van der Waals surface area (Å²) >= 11 is 0. The van der Waals surface area contributed by atoms with E-state index >= 15 is 0 Å². The largest absolute Gasteiger partial charge is 0.357 e. The molecule has 7 heteroatoms. The molecule has 0 atom stereocenters. The molecule has 0 saturated heterocycles. The Morgan fingerprint density at radius 1 is 1.29 bits per heavy atom. The van der Waals surface area contributed by atoms with Crippen molar-refractivity contribution >= 4 is 35.6 Å². The number of rotatable bonds is 6. The zero-order valence-corrected chi connectivity index (χ0v) is 16.4. The summed E-state index contributed by atoms with van der Waals surface area (Å²) in [5.41, 5.74) is 1.43. The van der Waals surface area contributed by atoms with Crippen LogP contribution in [-0.4, -0.2) is 33.6 Å². The minimum atomic E-state index is 0. The van der Waals surface area contributed by atoms with Crippen LogP contribution in [0.15, 0.2) is 29.4 Å². The van der Waals surface area contributed by atoms with Gasteiger partial charge in [-0.3, -0.25) is 4.40 Å². The number of nitrogens with zero attached hydrogens (tertiary/aromatic N) is 4. The summed E-state index contributed by atoms with van der Waals surface area (Å²) in [5.74, 6) is 2.70. The Kier molecular flexibility index (Phi) is 5.27. The highest BCUT2D eigenvalue weighted by atomic mass is 127. The molecule has 2 fully saturated rings. The highest BCUT2D eigenvalue weighted by Crippen LogP contribution is 2.60. The molecule has 2 aliphatic carbocycles. The molecule has 6 nitrogen and oxygen atoms in total. The summed E-state index contributed by atoms with van der Waals surface area (Å²) in [4.78, 5) is 4.69. The van der Waals surface area contributed by atoms with Gasteiger partial charge in [-0.15, -0.1) is 34.2 Å². The van der Waals surface area contributed by atoms with Gasteiger partial charge in [0.15, 0.2) is 17.4 Å². The number of hydrogen-bond acceptors (Lipinski definition) is 3. The van der Waals surface area contributed by atoms with Crippen LogP contribution in [0, 0.1) is 11.3 Å². The number of hydrogen-bond donors (Lipinski definition) is 2. The molecule has 0 bridgehead atoms. The van der Waals surface area contributed by atoms with Crippen molar-refractivity contribution in [1.82, 2.24) is 25.2 Å². The highest BCUT2D eigenvalue weighted by Gasteiger charge is 2.53. The molecular formula is C17H25IN6. The van der Waals surface area contributed by atoms with Crippen LogP contribution in [0.2, 0.25) is 0 Å². The molecule has 2 saturated carbocycles. The number of halogens is 1. The first-order valence-electron chi connectivity index (χ1n) is 8.61. The summed E-state index contributed by atoms with van der Waals surface area (Å²) in [5, 5.41) is 15.3. The van der Waals surface area contributed by atoms with Gasteiger partial charge in [-0.25, -0.2) is 4.99 Å². The van der Waals surface area contributed by atoms with Crippen molar-refractivity contribution in [1.29, 1.82) is 0 Å². The van der Waals surface area contributed by atoms with Crippen molar-refractivity contribution in [2.75, 3.05) is 13.1 Å². The molecule has 2 aliphatic rings. The number of pyridine rings is 1. The molecule has 0 unspecified atom stereocenters. The van der Waals surface area contributed by atoms with E-state index in [1.165, 1.54) is 25.7 Å². The number of guanidine groups is 1. The van der Waals surface area contributed by atoms with Crippen LogP contribution in [-0.2, 0) is 6.54 Å². The normalized spacial score (nSPS) is 19.0. The Morgan fingerprint density at radius 3 is 2.83 bits per heavy atom. The lowest BCUT2D eigenvalue weighted by molar-refractivity contribution is 0.431. The van der Waals surface area contributed by atoms with Gasteiger partial charge >= 0.3 is 0 Å². The molecule has 2 heterocycles. The number of aromatic nitrogens is 3. The van der Waals surface area contributed by atoms with Gasteiger partial charge in [-0.1, -0.05) is 6.07 Å². The van der Waals surface area contributed by atoms with Crippen LogP contribution in [0.1, 0.15) is 38.4 Å². The quantitative estimate of drug-likeness (QED) is 0.412. The van der Waals surface area contributed by atoms with Gasteiger partial charge in [0, 0.05) is 19.3 Å². The first-order chi connectivity index (χ1) is 11.3. The fraction of sp³-hybridized carbons (Fsp3) is 0.588. The number of aliphatic imine (C=N–C) groups is 1. The van der Waals surface area contributed by atoms with E-state index in [1.54, 1.807) is 0 Å². The maximum absolute atomic E-state index is 4.69. The van der Waals surface area contributed by atoms with E-state index in [1.807, 2.05) is 28.8 Å². The van der Waals surface area contributed by atoms with E-state index in [-0.39, 0.29) is 24.0 Å². The lowest BCUT2D eigenvalue weighted by Gasteiger charge is -2.17. The molecule has 2 aromatic heterocycles. The average Bonchev–Trinajstić information content (AvgIpc) is 3.47. The third kappa shape index (κ3) is 3.65. The van der Waals surface area contributed by atoms with Crippen molar-refractivity contribution in [2.45, 2.75) is 39.2 Å². The van der Waals surface area contributed by atoms with E-state index in [0.29, 0.717) is 12.0 Å². The Morgan fingerprint density at radius 2 is 2.12 bits per heavy atom. The predicted molar refractivity (Wildman–Crippen MR) is 106 cm³/mol. The van der Waals surface area contributed by atoms with Gasteiger partial charge in [-0.2, -0.15) is 0 Å². The molecule has 2 N–H and O–H groups in total. The molecule has 0 aromatic carbocycles. The van der Waals surface area contributed by atoms with E-state index in [9.17, 15) is 0 Å². The molecule has 0 aliphatic heterocycles. The van der Waals surface area contributed by atoms with Crippen LogP contribution in [0.4, 0.5) is 0 Å². The van der Waals surface area contributed by atoms with Crippen LogP contribution < -0.4 is 10.6 Å². The topological polar surface area (TPSA) is 66.6 Å². The Balaban J connectivity index is 0.00000169. The van der Waals surface area contributed by atoms with Crippen LogP contribution in [0.5, 0.6) is 0 Å². The fourth-order valence-corrected chi connectivity index (χ4v) is 3.34. The van der Waals surface area contributed by atoms with Crippen LogP contribution >= 0.6 is 24.0 Å². The second kappa shape index (κ2) is 7.25. The summed E-state index contributed by atoms with van der Waals surface area (Å²) in [6, 6.07) is 5.91. The minimum Gasteiger partial charge on any atom is -0.357 e. The summed E-state index contributed by atoms with van der Waals surface area (Å²) in [6.07, 6.45) is 7.56. The molecule has 24 heavy (non-hydrogen) atoms. The summed E-state index contributed by atoms with van der Waals surface area (Å²) < 4.78 is 1.99. The van der Waals surface area contributed by atoms with Gasteiger partial charge in [0.05, 0.1) is 0 Å². The van der Waals surface area contributed by atoms with Crippen molar-refractivity contribution in [3.8, 4) is 0 Å². The Hall–Kier alpha value is -1.38. The summed E-state index contributed by atoms with van der Waals surface area (Å²) in [6.45, 7) is 4.53. The third-order valence-corrected chi connectivity index (χ3v) is 5.05. The van der Waals surface area contributed by atoms with Crippen molar-refractivity contribution in [2.24, 2.45) is 16.3 Å². The average molecular weight is 440 g/mol. The minimum absolute atomic E-state index is 0. The van der Waals surface area contributed by atoms with Gasteiger partial charge in [0.1, 0.15) is 6.54 Å². The zero-order valence-electron chi connectivity index (χ0n) is 14.0. The number of nitrogens with one attached hydrogen (secondary N) is 2.